The van der Waals surface area contributed by atoms with Crippen molar-refractivity contribution in [3.8, 4) is 5.75 Å². The molecule has 0 aliphatic carbocycles. The topological polar surface area (TPSA) is 81.9 Å². The Morgan fingerprint density at radius 2 is 2.05 bits per heavy atom. The lowest BCUT2D eigenvalue weighted by atomic mass is 10.1. The highest BCUT2D eigenvalue weighted by Crippen LogP contribution is 2.17. The van der Waals surface area contributed by atoms with Gasteiger partial charge in [-0.05, 0) is 36.4 Å². The van der Waals surface area contributed by atoms with E-state index >= 15 is 0 Å². The van der Waals surface area contributed by atoms with Gasteiger partial charge >= 0.3 is 5.97 Å². The van der Waals surface area contributed by atoms with Crippen LogP contribution in [-0.4, -0.2) is 22.4 Å². The molecule has 0 unspecified atom stereocenters. The van der Waals surface area contributed by atoms with Crippen LogP contribution in [0.3, 0.4) is 0 Å². The van der Waals surface area contributed by atoms with Crippen molar-refractivity contribution < 1.29 is 19.4 Å². The molecule has 0 aliphatic rings. The van der Waals surface area contributed by atoms with E-state index in [1.165, 1.54) is 42.6 Å². The SMILES string of the molecule is O=C(O)c1ccc(O)c(C=NNc2cccc(F)c2)c1. The number of hydrazone groups is 1. The Morgan fingerprint density at radius 3 is 2.75 bits per heavy atom. The number of hydrogen-bond donors (Lipinski definition) is 3. The fraction of sp³-hybridized carbons (Fsp3) is 0. The van der Waals surface area contributed by atoms with Gasteiger partial charge in [-0.25, -0.2) is 9.18 Å². The number of carboxylic acid groups (broad SMARTS) is 1. The van der Waals surface area contributed by atoms with E-state index < -0.39 is 11.8 Å². The van der Waals surface area contributed by atoms with Crippen molar-refractivity contribution in [2.45, 2.75) is 0 Å². The molecule has 0 saturated heterocycles. The summed E-state index contributed by atoms with van der Waals surface area (Å²) in [5, 5.41) is 22.3. The average molecular weight is 274 g/mol. The number of carbonyl (C=O) groups is 1. The maximum Gasteiger partial charge on any atom is 0.335 e. The summed E-state index contributed by atoms with van der Waals surface area (Å²) < 4.78 is 12.9. The number of benzene rings is 2. The van der Waals surface area contributed by atoms with Crippen LogP contribution in [0.2, 0.25) is 0 Å². The molecule has 2 aromatic carbocycles. The molecule has 20 heavy (non-hydrogen) atoms. The van der Waals surface area contributed by atoms with Crippen LogP contribution < -0.4 is 5.43 Å². The molecular weight excluding hydrogens is 263 g/mol. The lowest BCUT2D eigenvalue weighted by Gasteiger charge is -2.02. The highest BCUT2D eigenvalue weighted by molar-refractivity contribution is 5.92. The first-order valence-electron chi connectivity index (χ1n) is 5.67. The molecule has 0 aliphatic heterocycles. The van der Waals surface area contributed by atoms with Gasteiger partial charge in [0.15, 0.2) is 0 Å². The Balaban J connectivity index is 2.15. The number of halogens is 1. The predicted molar refractivity (Wildman–Crippen MR) is 72.7 cm³/mol. The van der Waals surface area contributed by atoms with E-state index in [2.05, 4.69) is 10.5 Å². The Kier molecular flexibility index (Phi) is 3.95. The van der Waals surface area contributed by atoms with E-state index in [1.807, 2.05) is 0 Å². The fourth-order valence-electron chi connectivity index (χ4n) is 1.53. The minimum Gasteiger partial charge on any atom is -0.507 e. The third-order valence-corrected chi connectivity index (χ3v) is 2.50. The molecule has 0 atom stereocenters. The molecule has 0 fully saturated rings. The van der Waals surface area contributed by atoms with Gasteiger partial charge in [0.05, 0.1) is 17.5 Å². The summed E-state index contributed by atoms with van der Waals surface area (Å²) >= 11 is 0. The molecule has 0 amide bonds. The number of hydrogen-bond acceptors (Lipinski definition) is 4. The molecule has 2 aromatic rings. The van der Waals surface area contributed by atoms with Gasteiger partial charge in [0, 0.05) is 5.56 Å². The molecule has 0 aromatic heterocycles. The Morgan fingerprint density at radius 1 is 1.25 bits per heavy atom. The summed E-state index contributed by atoms with van der Waals surface area (Å²) in [7, 11) is 0. The molecule has 0 heterocycles. The summed E-state index contributed by atoms with van der Waals surface area (Å²) in [6.45, 7) is 0. The monoisotopic (exact) mass is 274 g/mol. The standard InChI is InChI=1S/C14H11FN2O3/c15-11-2-1-3-12(7-11)17-16-8-10-6-9(14(19)20)4-5-13(10)18/h1-8,17-18H,(H,19,20). The number of rotatable bonds is 4. The molecule has 0 spiro atoms. The summed E-state index contributed by atoms with van der Waals surface area (Å²) in [4.78, 5) is 10.8. The van der Waals surface area contributed by atoms with Gasteiger partial charge in [0.2, 0.25) is 0 Å². The number of phenols is 1. The predicted octanol–water partition coefficient (Wildman–Crippen LogP) is 2.68. The average Bonchev–Trinajstić information content (AvgIpc) is 2.40. The minimum absolute atomic E-state index is 0.0370. The van der Waals surface area contributed by atoms with Crippen LogP contribution in [0.4, 0.5) is 10.1 Å². The molecule has 5 nitrogen and oxygen atoms in total. The van der Waals surface area contributed by atoms with Crippen LogP contribution in [-0.2, 0) is 0 Å². The number of carboxylic acids is 1. The summed E-state index contributed by atoms with van der Waals surface area (Å²) in [6, 6.07) is 9.54. The maximum absolute atomic E-state index is 12.9. The lowest BCUT2D eigenvalue weighted by molar-refractivity contribution is 0.0697. The summed E-state index contributed by atoms with van der Waals surface area (Å²) in [6.07, 6.45) is 1.26. The lowest BCUT2D eigenvalue weighted by Crippen LogP contribution is -1.98. The van der Waals surface area contributed by atoms with Crippen LogP contribution in [0.25, 0.3) is 0 Å². The third-order valence-electron chi connectivity index (χ3n) is 2.50. The van der Waals surface area contributed by atoms with Crippen molar-refractivity contribution in [2.75, 3.05) is 5.43 Å². The minimum atomic E-state index is -1.10. The Bertz CT molecular complexity index is 671. The van der Waals surface area contributed by atoms with E-state index in [-0.39, 0.29) is 16.9 Å². The zero-order chi connectivity index (χ0) is 14.5. The molecule has 3 N–H and O–H groups in total. The normalized spacial score (nSPS) is 10.7. The summed E-state index contributed by atoms with van der Waals surface area (Å²) in [5.41, 5.74) is 3.30. The number of aromatic hydroxyl groups is 1. The number of nitrogens with one attached hydrogen (secondary N) is 1. The molecular formula is C14H11FN2O3. The van der Waals surface area contributed by atoms with Crippen LogP contribution >= 0.6 is 0 Å². The quantitative estimate of drug-likeness (QED) is 0.591. The van der Waals surface area contributed by atoms with Gasteiger partial charge in [0.1, 0.15) is 11.6 Å². The van der Waals surface area contributed by atoms with Crippen molar-refractivity contribution in [3.63, 3.8) is 0 Å². The number of nitrogens with zero attached hydrogens (tertiary/aromatic N) is 1. The van der Waals surface area contributed by atoms with E-state index in [4.69, 9.17) is 5.11 Å². The van der Waals surface area contributed by atoms with Crippen LogP contribution in [0.5, 0.6) is 5.75 Å². The molecule has 2 rings (SSSR count). The van der Waals surface area contributed by atoms with E-state index in [9.17, 15) is 14.3 Å². The maximum atomic E-state index is 12.9. The first-order valence-corrected chi connectivity index (χ1v) is 5.67. The second-order valence-electron chi connectivity index (χ2n) is 3.96. The highest BCUT2D eigenvalue weighted by Gasteiger charge is 2.06. The van der Waals surface area contributed by atoms with Crippen LogP contribution in [0.1, 0.15) is 15.9 Å². The van der Waals surface area contributed by atoms with E-state index in [0.717, 1.165) is 0 Å². The van der Waals surface area contributed by atoms with Gasteiger partial charge < -0.3 is 10.2 Å². The molecule has 0 saturated carbocycles. The third kappa shape index (κ3) is 3.32. The number of anilines is 1. The van der Waals surface area contributed by atoms with Crippen molar-refractivity contribution in [3.05, 3.63) is 59.4 Å². The smallest absolute Gasteiger partial charge is 0.335 e. The van der Waals surface area contributed by atoms with Crippen molar-refractivity contribution >= 4 is 17.9 Å². The van der Waals surface area contributed by atoms with Gasteiger partial charge in [-0.1, -0.05) is 6.07 Å². The zero-order valence-corrected chi connectivity index (χ0v) is 10.2. The van der Waals surface area contributed by atoms with Gasteiger partial charge in [-0.3, -0.25) is 5.43 Å². The first-order chi connectivity index (χ1) is 9.56. The van der Waals surface area contributed by atoms with Gasteiger partial charge in [-0.2, -0.15) is 5.10 Å². The largest absolute Gasteiger partial charge is 0.507 e. The molecule has 0 bridgehead atoms. The van der Waals surface area contributed by atoms with Crippen molar-refractivity contribution in [1.29, 1.82) is 0 Å². The van der Waals surface area contributed by atoms with Gasteiger partial charge in [-0.15, -0.1) is 0 Å². The zero-order valence-electron chi connectivity index (χ0n) is 10.2. The second kappa shape index (κ2) is 5.83. The highest BCUT2D eigenvalue weighted by atomic mass is 19.1. The Hall–Kier alpha value is -2.89. The van der Waals surface area contributed by atoms with Crippen molar-refractivity contribution in [1.82, 2.24) is 0 Å². The molecule has 102 valence electrons. The van der Waals surface area contributed by atoms with Crippen LogP contribution in [0, 0.1) is 5.82 Å². The number of phenolic OH excluding ortho intramolecular Hbond substituents is 1. The van der Waals surface area contributed by atoms with Gasteiger partial charge in [0.25, 0.3) is 0 Å². The van der Waals surface area contributed by atoms with Crippen molar-refractivity contribution in [2.24, 2.45) is 5.10 Å². The second-order valence-corrected chi connectivity index (χ2v) is 3.96. The Labute approximate surface area is 114 Å². The fourth-order valence-corrected chi connectivity index (χ4v) is 1.53. The molecule has 0 radical (unpaired) electrons. The first kappa shape index (κ1) is 13.5. The van der Waals surface area contributed by atoms with Crippen LogP contribution in [0.15, 0.2) is 47.6 Å². The number of aromatic carboxylic acids is 1. The van der Waals surface area contributed by atoms with E-state index in [1.54, 1.807) is 6.07 Å². The summed E-state index contributed by atoms with van der Waals surface area (Å²) in [5.74, 6) is -1.60. The van der Waals surface area contributed by atoms with E-state index in [0.29, 0.717) is 5.69 Å². The molecule has 6 heteroatoms.